The molecule has 0 aliphatic heterocycles. The van der Waals surface area contributed by atoms with E-state index in [2.05, 4.69) is 73.7 Å². The minimum absolute atomic E-state index is 1.14. The summed E-state index contributed by atoms with van der Waals surface area (Å²) in [5.74, 6) is 0. The first-order valence-electron chi connectivity index (χ1n) is 6.62. The van der Waals surface area contributed by atoms with Gasteiger partial charge in [0.1, 0.15) is 0 Å². The third kappa shape index (κ3) is 4.21. The molecule has 0 heterocycles. The molecule has 92 valence electrons. The lowest BCUT2D eigenvalue weighted by molar-refractivity contribution is 0.845. The SMILES string of the molecule is Cc1ccc(/C=C/CCCc2ccccc2)cc1. The maximum Gasteiger partial charge on any atom is -0.0260 e. The van der Waals surface area contributed by atoms with E-state index >= 15 is 0 Å². The Morgan fingerprint density at radius 1 is 0.889 bits per heavy atom. The number of aryl methyl sites for hydroxylation is 2. The lowest BCUT2D eigenvalue weighted by Gasteiger charge is -1.98. The van der Waals surface area contributed by atoms with E-state index in [4.69, 9.17) is 0 Å². The van der Waals surface area contributed by atoms with Crippen molar-refractivity contribution in [1.82, 2.24) is 0 Å². The maximum atomic E-state index is 2.27. The molecule has 0 heteroatoms. The van der Waals surface area contributed by atoms with Crippen molar-refractivity contribution in [1.29, 1.82) is 0 Å². The highest BCUT2D eigenvalue weighted by Gasteiger charge is 1.90. The zero-order chi connectivity index (χ0) is 12.6. The fourth-order valence-corrected chi connectivity index (χ4v) is 1.97. The van der Waals surface area contributed by atoms with Gasteiger partial charge in [-0.15, -0.1) is 0 Å². The molecule has 2 aromatic carbocycles. The first-order chi connectivity index (χ1) is 8.84. The second-order valence-electron chi connectivity index (χ2n) is 4.69. The summed E-state index contributed by atoms with van der Waals surface area (Å²) in [6.45, 7) is 2.12. The smallest absolute Gasteiger partial charge is 0.0260 e. The van der Waals surface area contributed by atoms with E-state index in [1.807, 2.05) is 0 Å². The Kier molecular flexibility index (Phi) is 4.78. The highest BCUT2D eigenvalue weighted by molar-refractivity contribution is 5.49. The van der Waals surface area contributed by atoms with Crippen LogP contribution in [-0.4, -0.2) is 0 Å². The predicted octanol–water partition coefficient (Wildman–Crippen LogP) is 5.03. The molecule has 0 aliphatic rings. The Morgan fingerprint density at radius 2 is 1.61 bits per heavy atom. The van der Waals surface area contributed by atoms with Crippen LogP contribution in [0, 0.1) is 6.92 Å². The highest BCUT2D eigenvalue weighted by atomic mass is 14.0. The van der Waals surface area contributed by atoms with Gasteiger partial charge in [0.2, 0.25) is 0 Å². The summed E-state index contributed by atoms with van der Waals surface area (Å²) in [6.07, 6.45) is 8.01. The van der Waals surface area contributed by atoms with Crippen molar-refractivity contribution in [3.63, 3.8) is 0 Å². The lowest BCUT2D eigenvalue weighted by Crippen LogP contribution is -1.82. The number of allylic oxidation sites excluding steroid dienone is 1. The third-order valence-electron chi connectivity index (χ3n) is 3.07. The molecule has 0 aliphatic carbocycles. The van der Waals surface area contributed by atoms with Gasteiger partial charge >= 0.3 is 0 Å². The zero-order valence-electron chi connectivity index (χ0n) is 11.0. The largest absolute Gasteiger partial charge is 0.0839 e. The molecule has 0 nitrogen and oxygen atoms in total. The van der Waals surface area contributed by atoms with Crippen molar-refractivity contribution < 1.29 is 0 Å². The van der Waals surface area contributed by atoms with Gasteiger partial charge in [0, 0.05) is 0 Å². The van der Waals surface area contributed by atoms with Crippen LogP contribution >= 0.6 is 0 Å². The summed E-state index contributed by atoms with van der Waals surface area (Å²) in [5.41, 5.74) is 4.04. The van der Waals surface area contributed by atoms with E-state index in [1.54, 1.807) is 0 Å². The summed E-state index contributed by atoms with van der Waals surface area (Å²) < 4.78 is 0. The third-order valence-corrected chi connectivity index (χ3v) is 3.07. The van der Waals surface area contributed by atoms with E-state index in [0.717, 1.165) is 6.42 Å². The van der Waals surface area contributed by atoms with Crippen LogP contribution in [0.5, 0.6) is 0 Å². The molecule has 0 saturated heterocycles. The molecule has 0 amide bonds. The number of hydrogen-bond donors (Lipinski definition) is 0. The van der Waals surface area contributed by atoms with Crippen molar-refractivity contribution >= 4 is 6.08 Å². The Hall–Kier alpha value is -1.82. The maximum absolute atomic E-state index is 2.27. The van der Waals surface area contributed by atoms with E-state index in [1.165, 1.54) is 29.5 Å². The highest BCUT2D eigenvalue weighted by Crippen LogP contribution is 2.08. The predicted molar refractivity (Wildman–Crippen MR) is 79.6 cm³/mol. The molecule has 2 aromatic rings. The van der Waals surface area contributed by atoms with Crippen molar-refractivity contribution in [3.05, 3.63) is 77.4 Å². The Morgan fingerprint density at radius 3 is 2.33 bits per heavy atom. The molecule has 0 atom stereocenters. The second-order valence-corrected chi connectivity index (χ2v) is 4.69. The van der Waals surface area contributed by atoms with Crippen LogP contribution in [-0.2, 0) is 6.42 Å². The van der Waals surface area contributed by atoms with E-state index in [-0.39, 0.29) is 0 Å². The summed E-state index contributed by atoms with van der Waals surface area (Å²) in [5, 5.41) is 0. The molecule has 0 aromatic heterocycles. The molecule has 0 radical (unpaired) electrons. The molecule has 2 rings (SSSR count). The van der Waals surface area contributed by atoms with Crippen molar-refractivity contribution in [2.75, 3.05) is 0 Å². The Bertz CT molecular complexity index is 477. The second kappa shape index (κ2) is 6.80. The van der Waals surface area contributed by atoms with Gasteiger partial charge < -0.3 is 0 Å². The monoisotopic (exact) mass is 236 g/mol. The van der Waals surface area contributed by atoms with Crippen LogP contribution in [0.15, 0.2) is 60.7 Å². The minimum atomic E-state index is 1.14. The van der Waals surface area contributed by atoms with Crippen LogP contribution in [0.2, 0.25) is 0 Å². The van der Waals surface area contributed by atoms with E-state index < -0.39 is 0 Å². The summed E-state index contributed by atoms with van der Waals surface area (Å²) >= 11 is 0. The van der Waals surface area contributed by atoms with Crippen molar-refractivity contribution in [2.24, 2.45) is 0 Å². The molecular weight excluding hydrogens is 216 g/mol. The van der Waals surface area contributed by atoms with Crippen LogP contribution in [0.4, 0.5) is 0 Å². The Labute approximate surface area is 110 Å². The first-order valence-corrected chi connectivity index (χ1v) is 6.62. The van der Waals surface area contributed by atoms with Gasteiger partial charge in [-0.05, 0) is 37.3 Å². The molecule has 0 N–H and O–H groups in total. The topological polar surface area (TPSA) is 0 Å². The fourth-order valence-electron chi connectivity index (χ4n) is 1.97. The molecule has 0 saturated carbocycles. The van der Waals surface area contributed by atoms with Gasteiger partial charge in [-0.1, -0.05) is 72.3 Å². The van der Waals surface area contributed by atoms with Crippen LogP contribution in [0.3, 0.4) is 0 Å². The molecule has 0 fully saturated rings. The van der Waals surface area contributed by atoms with Crippen molar-refractivity contribution in [3.8, 4) is 0 Å². The van der Waals surface area contributed by atoms with E-state index in [9.17, 15) is 0 Å². The molecular formula is C18H20. The normalized spacial score (nSPS) is 10.9. The number of unbranched alkanes of at least 4 members (excludes halogenated alkanes) is 1. The van der Waals surface area contributed by atoms with Crippen LogP contribution < -0.4 is 0 Å². The summed E-state index contributed by atoms with van der Waals surface area (Å²) in [4.78, 5) is 0. The lowest BCUT2D eigenvalue weighted by atomic mass is 10.1. The number of rotatable bonds is 5. The quantitative estimate of drug-likeness (QED) is 0.639. The van der Waals surface area contributed by atoms with Gasteiger partial charge in [-0.25, -0.2) is 0 Å². The van der Waals surface area contributed by atoms with Gasteiger partial charge in [-0.3, -0.25) is 0 Å². The first kappa shape index (κ1) is 12.6. The van der Waals surface area contributed by atoms with Gasteiger partial charge in [-0.2, -0.15) is 0 Å². The van der Waals surface area contributed by atoms with E-state index in [0.29, 0.717) is 0 Å². The zero-order valence-corrected chi connectivity index (χ0v) is 11.0. The fraction of sp³-hybridized carbons (Fsp3) is 0.222. The van der Waals surface area contributed by atoms with Gasteiger partial charge in [0.15, 0.2) is 0 Å². The molecule has 0 spiro atoms. The average Bonchev–Trinajstić information content (AvgIpc) is 2.42. The molecule has 0 bridgehead atoms. The standard InChI is InChI=1S/C18H20/c1-16-12-14-18(15-13-16)11-7-3-6-10-17-8-4-2-5-9-17/h2,4-5,7-9,11-15H,3,6,10H2,1H3/b11-7+. The molecule has 18 heavy (non-hydrogen) atoms. The van der Waals surface area contributed by atoms with Crippen LogP contribution in [0.25, 0.3) is 6.08 Å². The summed E-state index contributed by atoms with van der Waals surface area (Å²) in [6, 6.07) is 19.3. The summed E-state index contributed by atoms with van der Waals surface area (Å²) in [7, 11) is 0. The Balaban J connectivity index is 1.74. The average molecular weight is 236 g/mol. The number of benzene rings is 2. The molecule has 0 unspecified atom stereocenters. The van der Waals surface area contributed by atoms with Crippen molar-refractivity contribution in [2.45, 2.75) is 26.2 Å². The minimum Gasteiger partial charge on any atom is -0.0839 e. The van der Waals surface area contributed by atoms with Gasteiger partial charge in [0.05, 0.1) is 0 Å². The number of hydrogen-bond acceptors (Lipinski definition) is 0. The van der Waals surface area contributed by atoms with Gasteiger partial charge in [0.25, 0.3) is 0 Å². The van der Waals surface area contributed by atoms with Crippen LogP contribution in [0.1, 0.15) is 29.5 Å².